The van der Waals surface area contributed by atoms with E-state index in [4.69, 9.17) is 24.2 Å². The van der Waals surface area contributed by atoms with Gasteiger partial charge in [0.2, 0.25) is 11.7 Å². The number of carbonyl (C=O) groups excluding carboxylic acids is 1. The molecule has 0 bridgehead atoms. The Morgan fingerprint density at radius 3 is 2.57 bits per heavy atom. The number of aliphatic hydroxyl groups excluding tert-OH is 2. The molecule has 288 valence electrons. The number of oxime groups is 1. The third-order valence-electron chi connectivity index (χ3n) is 11.4. The Kier molecular flexibility index (Phi) is 13.3. The number of hydrogen-bond donors (Lipinski definition) is 2. The summed E-state index contributed by atoms with van der Waals surface area (Å²) in [5.74, 6) is -0.460. The van der Waals surface area contributed by atoms with Gasteiger partial charge < -0.3 is 34.2 Å². The van der Waals surface area contributed by atoms with E-state index in [2.05, 4.69) is 19.6 Å². The van der Waals surface area contributed by atoms with Crippen LogP contribution in [0.1, 0.15) is 95.1 Å². The molecule has 0 aromatic heterocycles. The number of allylic oxidation sites excluding steroid dienone is 1. The van der Waals surface area contributed by atoms with Crippen molar-refractivity contribution in [3.63, 3.8) is 0 Å². The Bertz CT molecular complexity index is 1630. The summed E-state index contributed by atoms with van der Waals surface area (Å²) in [5.41, 5.74) is 3.25. The second kappa shape index (κ2) is 18.1. The SMILES string of the molecule is C=CCOC12Oc3ccc(OCc4ccccc4F)cc3C3C(CCCCO)C(CCCCO)C=C(C(=NOCC)CC1N(CCC)C(=O)C1CC1)C32. The highest BCUT2D eigenvalue weighted by Crippen LogP contribution is 2.62. The monoisotopic (exact) mass is 732 g/mol. The first kappa shape index (κ1) is 39.0. The lowest BCUT2D eigenvalue weighted by Crippen LogP contribution is -2.70. The van der Waals surface area contributed by atoms with Gasteiger partial charge in [0.25, 0.3) is 0 Å². The molecule has 6 rings (SSSR count). The lowest BCUT2D eigenvalue weighted by molar-refractivity contribution is -0.257. The second-order valence-corrected chi connectivity index (χ2v) is 14.9. The Morgan fingerprint density at radius 1 is 1.09 bits per heavy atom. The predicted octanol–water partition coefficient (Wildman–Crippen LogP) is 7.71. The van der Waals surface area contributed by atoms with Crippen molar-refractivity contribution in [2.45, 2.75) is 102 Å². The summed E-state index contributed by atoms with van der Waals surface area (Å²) < 4.78 is 35.1. The first-order chi connectivity index (χ1) is 25.9. The zero-order valence-electron chi connectivity index (χ0n) is 31.4. The number of nitrogens with zero attached hydrogens (tertiary/aromatic N) is 2. The standard InChI is InChI=1S/C43H57FN2O7/c1-4-21-46(42(49)29-17-18-29)39-27-37(45-52-6-3)34-25-30(13-9-11-22-47)33(15-10-12-23-48)40-35-26-32(50-28-31-14-7-8-16-36(31)44)19-20-38(35)53-43(39,41(34)40)51-24-5-2/h5,7-8,14,16,19-20,25-26,29-30,33,39-41,47-48H,2,4,6,9-13,15,17-18,21-24,27-28H2,1,3H3. The number of ether oxygens (including phenoxy) is 3. The van der Waals surface area contributed by atoms with Crippen LogP contribution in [0.4, 0.5) is 4.39 Å². The van der Waals surface area contributed by atoms with Gasteiger partial charge >= 0.3 is 0 Å². The van der Waals surface area contributed by atoms with Gasteiger partial charge in [-0.2, -0.15) is 0 Å². The predicted molar refractivity (Wildman–Crippen MR) is 202 cm³/mol. The van der Waals surface area contributed by atoms with Gasteiger partial charge in [0.05, 0.1) is 18.2 Å². The van der Waals surface area contributed by atoms with Crippen LogP contribution in [0.3, 0.4) is 0 Å². The molecule has 0 radical (unpaired) electrons. The Balaban J connectivity index is 1.55. The number of fused-ring (bicyclic) bond motifs is 2. The quantitative estimate of drug-likeness (QED) is 0.0816. The number of aliphatic hydroxyl groups is 2. The van der Waals surface area contributed by atoms with Crippen molar-refractivity contribution in [3.05, 3.63) is 83.7 Å². The first-order valence-electron chi connectivity index (χ1n) is 19.8. The highest BCUT2D eigenvalue weighted by molar-refractivity contribution is 6.03. The van der Waals surface area contributed by atoms with E-state index < -0.39 is 11.8 Å². The summed E-state index contributed by atoms with van der Waals surface area (Å²) in [5, 5.41) is 24.4. The minimum absolute atomic E-state index is 0.00320. The fraction of sp³-hybridized carbons (Fsp3) is 0.581. The minimum atomic E-state index is -1.26. The average Bonchev–Trinajstić information content (AvgIpc) is 4.02. The summed E-state index contributed by atoms with van der Waals surface area (Å²) in [6.07, 6.45) is 11.8. The molecule has 6 unspecified atom stereocenters. The Morgan fingerprint density at radius 2 is 1.87 bits per heavy atom. The van der Waals surface area contributed by atoms with Crippen molar-refractivity contribution in [3.8, 4) is 11.5 Å². The van der Waals surface area contributed by atoms with E-state index in [1.165, 1.54) is 6.07 Å². The lowest BCUT2D eigenvalue weighted by Gasteiger charge is -2.60. The topological polar surface area (TPSA) is 110 Å². The van der Waals surface area contributed by atoms with Gasteiger partial charge in [0.1, 0.15) is 36.6 Å². The van der Waals surface area contributed by atoms with Crippen molar-refractivity contribution >= 4 is 11.6 Å². The molecular weight excluding hydrogens is 675 g/mol. The van der Waals surface area contributed by atoms with Crippen molar-refractivity contribution < 1.29 is 38.4 Å². The molecule has 2 N–H and O–H groups in total. The molecule has 1 amide bonds. The van der Waals surface area contributed by atoms with E-state index in [9.17, 15) is 19.4 Å². The highest BCUT2D eigenvalue weighted by atomic mass is 19.1. The Hall–Kier alpha value is -3.73. The molecule has 0 saturated heterocycles. The molecule has 1 aliphatic heterocycles. The zero-order valence-corrected chi connectivity index (χ0v) is 31.4. The van der Waals surface area contributed by atoms with E-state index in [0.29, 0.717) is 49.5 Å². The van der Waals surface area contributed by atoms with E-state index in [1.54, 1.807) is 24.3 Å². The molecular formula is C43H57FN2O7. The number of rotatable bonds is 20. The average molecular weight is 733 g/mol. The molecule has 6 atom stereocenters. The fourth-order valence-corrected chi connectivity index (χ4v) is 8.88. The maximum Gasteiger partial charge on any atom is 0.239 e. The molecule has 3 aliphatic carbocycles. The van der Waals surface area contributed by atoms with Gasteiger partial charge in [-0.1, -0.05) is 55.3 Å². The maximum atomic E-state index is 14.6. The van der Waals surface area contributed by atoms with Crippen molar-refractivity contribution in [2.24, 2.45) is 28.8 Å². The van der Waals surface area contributed by atoms with Crippen molar-refractivity contribution in [1.29, 1.82) is 0 Å². The minimum Gasteiger partial charge on any atom is -0.489 e. The molecule has 53 heavy (non-hydrogen) atoms. The fourth-order valence-electron chi connectivity index (χ4n) is 8.88. The summed E-state index contributed by atoms with van der Waals surface area (Å²) in [7, 11) is 0. The molecule has 9 nitrogen and oxygen atoms in total. The number of hydrogen-bond acceptors (Lipinski definition) is 8. The van der Waals surface area contributed by atoms with Crippen LogP contribution in [0, 0.1) is 29.5 Å². The van der Waals surface area contributed by atoms with Crippen LogP contribution >= 0.6 is 0 Å². The van der Waals surface area contributed by atoms with Crippen LogP contribution in [-0.4, -0.2) is 71.5 Å². The summed E-state index contributed by atoms with van der Waals surface area (Å²) in [6, 6.07) is 12.0. The second-order valence-electron chi connectivity index (χ2n) is 14.9. The first-order valence-corrected chi connectivity index (χ1v) is 19.8. The van der Waals surface area contributed by atoms with Gasteiger partial charge in [0, 0.05) is 49.1 Å². The third kappa shape index (κ3) is 8.35. The van der Waals surface area contributed by atoms with E-state index in [0.717, 1.165) is 61.8 Å². The zero-order chi connectivity index (χ0) is 37.4. The van der Waals surface area contributed by atoms with E-state index in [-0.39, 0.29) is 67.7 Å². The number of unbranched alkanes of at least 4 members (excludes halogenated alkanes) is 2. The summed E-state index contributed by atoms with van der Waals surface area (Å²) in [4.78, 5) is 22.0. The molecule has 4 aliphatic rings. The van der Waals surface area contributed by atoms with Gasteiger partial charge in [-0.3, -0.25) is 4.79 Å². The number of benzene rings is 2. The largest absolute Gasteiger partial charge is 0.489 e. The van der Waals surface area contributed by atoms with E-state index >= 15 is 0 Å². The third-order valence-corrected chi connectivity index (χ3v) is 11.4. The number of halogens is 1. The van der Waals surface area contributed by atoms with Crippen molar-refractivity contribution in [1.82, 2.24) is 4.90 Å². The molecule has 2 fully saturated rings. The highest BCUT2D eigenvalue weighted by Gasteiger charge is 2.65. The summed E-state index contributed by atoms with van der Waals surface area (Å²) in [6.45, 7) is 9.50. The smallest absolute Gasteiger partial charge is 0.239 e. The molecule has 2 aromatic carbocycles. The van der Waals surface area contributed by atoms with Gasteiger partial charge in [-0.05, 0) is 93.5 Å². The normalized spacial score (nSPS) is 26.5. The molecule has 2 aromatic rings. The van der Waals surface area contributed by atoms with Crippen LogP contribution in [0.25, 0.3) is 0 Å². The van der Waals surface area contributed by atoms with Gasteiger partial charge in [0.15, 0.2) is 0 Å². The van der Waals surface area contributed by atoms with Gasteiger partial charge in [-0.15, -0.1) is 6.58 Å². The lowest BCUT2D eigenvalue weighted by atomic mass is 9.55. The maximum absolute atomic E-state index is 14.6. The summed E-state index contributed by atoms with van der Waals surface area (Å²) >= 11 is 0. The molecule has 2 saturated carbocycles. The number of amides is 1. The molecule has 10 heteroatoms. The van der Waals surface area contributed by atoms with Crippen LogP contribution in [-0.2, 0) is 21.0 Å². The molecule has 1 heterocycles. The molecule has 0 spiro atoms. The van der Waals surface area contributed by atoms with Crippen LogP contribution in [0.2, 0.25) is 0 Å². The van der Waals surface area contributed by atoms with Crippen LogP contribution < -0.4 is 9.47 Å². The van der Waals surface area contributed by atoms with Gasteiger partial charge in [-0.25, -0.2) is 4.39 Å². The van der Waals surface area contributed by atoms with Crippen LogP contribution in [0.15, 0.2) is 71.9 Å². The Labute approximate surface area is 313 Å². The van der Waals surface area contributed by atoms with Crippen molar-refractivity contribution in [2.75, 3.05) is 33.0 Å². The number of carbonyl (C=O) groups is 1. The van der Waals surface area contributed by atoms with Crippen LogP contribution in [0.5, 0.6) is 11.5 Å². The van der Waals surface area contributed by atoms with E-state index in [1.807, 2.05) is 30.0 Å².